The number of nitrogens with zero attached hydrogens (tertiary/aromatic N) is 7. The molecule has 0 unspecified atom stereocenters. The monoisotopic (exact) mass is 255 g/mol. The lowest BCUT2D eigenvalue weighted by Crippen LogP contribution is -2.29. The van der Waals surface area contributed by atoms with E-state index in [0.717, 1.165) is 5.69 Å². The summed E-state index contributed by atoms with van der Waals surface area (Å²) in [7, 11) is 0. The Kier molecular flexibility index (Phi) is 3.18. The first-order chi connectivity index (χ1) is 9.42. The van der Waals surface area contributed by atoms with Crippen LogP contribution in [0.4, 0.5) is 5.69 Å². The minimum Gasteiger partial charge on any atom is -0.332 e. The van der Waals surface area contributed by atoms with E-state index in [-0.39, 0.29) is 0 Å². The Morgan fingerprint density at radius 3 is 1.89 bits per heavy atom. The van der Waals surface area contributed by atoms with E-state index >= 15 is 0 Å². The quantitative estimate of drug-likeness (QED) is 0.680. The van der Waals surface area contributed by atoms with Gasteiger partial charge >= 0.3 is 0 Å². The van der Waals surface area contributed by atoms with Gasteiger partial charge in [-0.2, -0.15) is 10.2 Å². The first-order valence-electron chi connectivity index (χ1n) is 5.86. The smallest absolute Gasteiger partial charge is 0.137 e. The Balaban J connectivity index is 1.83. The lowest BCUT2D eigenvalue weighted by atomic mass is 10.3. The molecule has 2 heterocycles. The van der Waals surface area contributed by atoms with Crippen LogP contribution in [0.5, 0.6) is 0 Å². The Morgan fingerprint density at radius 1 is 0.842 bits per heavy atom. The molecule has 0 aliphatic heterocycles. The fraction of sp³-hybridized carbons (Fsp3) is 0.167. The van der Waals surface area contributed by atoms with Crippen LogP contribution in [0.25, 0.3) is 0 Å². The molecule has 0 N–H and O–H groups in total. The Morgan fingerprint density at radius 2 is 1.42 bits per heavy atom. The average molecular weight is 255 g/mol. The van der Waals surface area contributed by atoms with E-state index in [2.05, 4.69) is 25.1 Å². The van der Waals surface area contributed by atoms with Gasteiger partial charge in [-0.3, -0.25) is 0 Å². The van der Waals surface area contributed by atoms with Gasteiger partial charge in [0.2, 0.25) is 0 Å². The van der Waals surface area contributed by atoms with Gasteiger partial charge in [0.05, 0.1) is 0 Å². The number of anilines is 1. The highest BCUT2D eigenvalue weighted by atomic mass is 15.5. The van der Waals surface area contributed by atoms with E-state index in [1.54, 1.807) is 22.0 Å². The minimum atomic E-state index is 0.601. The summed E-state index contributed by atoms with van der Waals surface area (Å²) in [6, 6.07) is 10.1. The number of hydrogen-bond donors (Lipinski definition) is 0. The number of para-hydroxylation sites is 1. The minimum absolute atomic E-state index is 0.601. The molecule has 0 amide bonds. The molecule has 0 radical (unpaired) electrons. The second-order valence-corrected chi connectivity index (χ2v) is 4.03. The Labute approximate surface area is 110 Å². The van der Waals surface area contributed by atoms with E-state index in [1.807, 2.05) is 30.3 Å². The van der Waals surface area contributed by atoms with Crippen molar-refractivity contribution < 1.29 is 0 Å². The summed E-state index contributed by atoms with van der Waals surface area (Å²) in [6.45, 7) is 1.20. The molecule has 0 aliphatic rings. The zero-order valence-corrected chi connectivity index (χ0v) is 10.2. The van der Waals surface area contributed by atoms with Crippen LogP contribution in [0.15, 0.2) is 55.6 Å². The molecule has 3 aromatic rings. The molecule has 0 atom stereocenters. The van der Waals surface area contributed by atoms with Gasteiger partial charge in [-0.05, 0) is 12.1 Å². The van der Waals surface area contributed by atoms with Gasteiger partial charge in [0.15, 0.2) is 0 Å². The van der Waals surface area contributed by atoms with Crippen LogP contribution >= 0.6 is 0 Å². The summed E-state index contributed by atoms with van der Waals surface area (Å²) in [5.41, 5.74) is 1.09. The van der Waals surface area contributed by atoms with Crippen molar-refractivity contribution in [3.05, 3.63) is 55.6 Å². The van der Waals surface area contributed by atoms with Crippen LogP contribution in [0.1, 0.15) is 0 Å². The molecule has 1 aromatic carbocycles. The molecule has 96 valence electrons. The lowest BCUT2D eigenvalue weighted by Gasteiger charge is -2.24. The van der Waals surface area contributed by atoms with Crippen molar-refractivity contribution >= 4 is 5.69 Å². The molecular formula is C12H13N7. The first-order valence-corrected chi connectivity index (χ1v) is 5.86. The zero-order chi connectivity index (χ0) is 12.9. The normalized spacial score (nSPS) is 10.5. The third-order valence-electron chi connectivity index (χ3n) is 2.69. The van der Waals surface area contributed by atoms with Crippen molar-refractivity contribution in [2.75, 3.05) is 4.90 Å². The largest absolute Gasteiger partial charge is 0.332 e. The molecule has 19 heavy (non-hydrogen) atoms. The molecule has 2 aromatic heterocycles. The number of hydrogen-bond acceptors (Lipinski definition) is 5. The molecule has 3 rings (SSSR count). The van der Waals surface area contributed by atoms with Crippen molar-refractivity contribution in [2.24, 2.45) is 0 Å². The van der Waals surface area contributed by atoms with Crippen molar-refractivity contribution in [1.82, 2.24) is 29.5 Å². The predicted octanol–water partition coefficient (Wildman–Crippen LogP) is 0.991. The molecular weight excluding hydrogens is 242 g/mol. The van der Waals surface area contributed by atoms with E-state index in [4.69, 9.17) is 0 Å². The van der Waals surface area contributed by atoms with Crippen LogP contribution in [0.3, 0.4) is 0 Å². The van der Waals surface area contributed by atoms with Gasteiger partial charge < -0.3 is 4.90 Å². The summed E-state index contributed by atoms with van der Waals surface area (Å²) in [5.74, 6) is 0. The molecule has 0 aliphatic carbocycles. The SMILES string of the molecule is c1ccc(N(Cn2cncn2)Cn2cncn2)cc1. The number of benzene rings is 1. The van der Waals surface area contributed by atoms with Gasteiger partial charge in [-0.1, -0.05) is 18.2 Å². The van der Waals surface area contributed by atoms with Gasteiger partial charge in [0.25, 0.3) is 0 Å². The highest BCUT2D eigenvalue weighted by Gasteiger charge is 2.08. The van der Waals surface area contributed by atoms with Crippen molar-refractivity contribution in [2.45, 2.75) is 13.3 Å². The molecule has 0 spiro atoms. The summed E-state index contributed by atoms with van der Waals surface area (Å²) in [5, 5.41) is 8.26. The van der Waals surface area contributed by atoms with E-state index < -0.39 is 0 Å². The second kappa shape index (κ2) is 5.30. The Bertz CT molecular complexity index is 552. The number of aromatic nitrogens is 6. The Hall–Kier alpha value is -2.70. The predicted molar refractivity (Wildman–Crippen MR) is 69.0 cm³/mol. The van der Waals surface area contributed by atoms with Gasteiger partial charge in [0, 0.05) is 5.69 Å². The average Bonchev–Trinajstić information content (AvgIpc) is 3.12. The van der Waals surface area contributed by atoms with E-state index in [1.165, 1.54) is 12.7 Å². The summed E-state index contributed by atoms with van der Waals surface area (Å²) < 4.78 is 3.54. The maximum atomic E-state index is 4.13. The van der Waals surface area contributed by atoms with Crippen LogP contribution < -0.4 is 4.90 Å². The van der Waals surface area contributed by atoms with Crippen LogP contribution in [-0.4, -0.2) is 29.5 Å². The maximum absolute atomic E-state index is 4.13. The summed E-state index contributed by atoms with van der Waals surface area (Å²) in [4.78, 5) is 10.0. The molecule has 0 fully saturated rings. The second-order valence-electron chi connectivity index (χ2n) is 4.03. The van der Waals surface area contributed by atoms with Gasteiger partial charge in [-0.25, -0.2) is 19.3 Å². The molecule has 0 saturated heterocycles. The standard InChI is InChI=1S/C12H13N7/c1-2-4-12(5-3-1)17(10-18-8-13-6-15-18)11-19-9-14-7-16-19/h1-9H,10-11H2. The van der Waals surface area contributed by atoms with Crippen molar-refractivity contribution in [1.29, 1.82) is 0 Å². The van der Waals surface area contributed by atoms with Crippen molar-refractivity contribution in [3.8, 4) is 0 Å². The lowest BCUT2D eigenvalue weighted by molar-refractivity contribution is 0.497. The van der Waals surface area contributed by atoms with E-state index in [9.17, 15) is 0 Å². The molecule has 7 heteroatoms. The van der Waals surface area contributed by atoms with E-state index in [0.29, 0.717) is 13.3 Å². The fourth-order valence-electron chi connectivity index (χ4n) is 1.81. The highest BCUT2D eigenvalue weighted by Crippen LogP contribution is 2.14. The highest BCUT2D eigenvalue weighted by molar-refractivity contribution is 5.44. The van der Waals surface area contributed by atoms with Crippen LogP contribution in [0, 0.1) is 0 Å². The zero-order valence-electron chi connectivity index (χ0n) is 10.2. The van der Waals surface area contributed by atoms with Gasteiger partial charge in [-0.15, -0.1) is 0 Å². The van der Waals surface area contributed by atoms with Crippen molar-refractivity contribution in [3.63, 3.8) is 0 Å². The molecule has 0 saturated carbocycles. The fourth-order valence-corrected chi connectivity index (χ4v) is 1.81. The topological polar surface area (TPSA) is 64.7 Å². The summed E-state index contributed by atoms with van der Waals surface area (Å²) >= 11 is 0. The number of rotatable bonds is 5. The van der Waals surface area contributed by atoms with Crippen LogP contribution in [-0.2, 0) is 13.3 Å². The first kappa shape index (κ1) is 11.4. The maximum Gasteiger partial charge on any atom is 0.137 e. The van der Waals surface area contributed by atoms with Crippen LogP contribution in [0.2, 0.25) is 0 Å². The summed E-state index contributed by atoms with van der Waals surface area (Å²) in [6.07, 6.45) is 6.44. The third kappa shape index (κ3) is 2.76. The molecule has 0 bridgehead atoms. The molecule has 7 nitrogen and oxygen atoms in total. The third-order valence-corrected chi connectivity index (χ3v) is 2.69. The van der Waals surface area contributed by atoms with Gasteiger partial charge in [0.1, 0.15) is 38.6 Å².